The third-order valence-electron chi connectivity index (χ3n) is 4.96. The van der Waals surface area contributed by atoms with E-state index >= 15 is 0 Å². The molecule has 0 spiro atoms. The smallest absolute Gasteiger partial charge is 0.220 e. The van der Waals surface area contributed by atoms with Crippen molar-refractivity contribution in [1.29, 1.82) is 0 Å². The molecule has 1 aliphatic rings. The predicted molar refractivity (Wildman–Crippen MR) is 102 cm³/mol. The Bertz CT molecular complexity index is 757. The zero-order valence-corrected chi connectivity index (χ0v) is 15.6. The molecule has 0 saturated carbocycles. The molecule has 0 aliphatic carbocycles. The molecule has 0 saturated heterocycles. The van der Waals surface area contributed by atoms with E-state index in [-0.39, 0.29) is 5.91 Å². The highest BCUT2D eigenvalue weighted by Gasteiger charge is 2.16. The number of carbonyl (C=O) groups excluding carboxylic acids is 1. The lowest BCUT2D eigenvalue weighted by molar-refractivity contribution is -0.121. The van der Waals surface area contributed by atoms with E-state index in [1.807, 2.05) is 25.3 Å². The van der Waals surface area contributed by atoms with Crippen molar-refractivity contribution in [1.82, 2.24) is 15.6 Å². The van der Waals surface area contributed by atoms with Crippen molar-refractivity contribution < 1.29 is 9.53 Å². The van der Waals surface area contributed by atoms with Gasteiger partial charge in [-0.1, -0.05) is 12.1 Å². The third kappa shape index (κ3) is 4.61. The topological polar surface area (TPSA) is 63.2 Å². The number of hydrogen-bond donors (Lipinski definition) is 2. The zero-order chi connectivity index (χ0) is 18.4. The van der Waals surface area contributed by atoms with E-state index in [1.165, 1.54) is 22.3 Å². The summed E-state index contributed by atoms with van der Waals surface area (Å²) >= 11 is 0. The van der Waals surface area contributed by atoms with E-state index in [0.717, 1.165) is 43.8 Å². The Labute approximate surface area is 155 Å². The maximum absolute atomic E-state index is 12.2. The number of nitrogens with one attached hydrogen (secondary N) is 2. The first-order chi connectivity index (χ1) is 12.7. The molecule has 0 unspecified atom stereocenters. The van der Waals surface area contributed by atoms with Crippen LogP contribution in [0.1, 0.15) is 40.8 Å². The number of ether oxygens (including phenoxy) is 1. The minimum absolute atomic E-state index is 0.101. The number of amides is 1. The fourth-order valence-electron chi connectivity index (χ4n) is 3.40. The van der Waals surface area contributed by atoms with Gasteiger partial charge in [-0.3, -0.25) is 9.78 Å². The lowest BCUT2D eigenvalue weighted by Crippen LogP contribution is -2.28. The summed E-state index contributed by atoms with van der Waals surface area (Å²) in [6.07, 6.45) is 5.23. The monoisotopic (exact) mass is 353 g/mol. The van der Waals surface area contributed by atoms with E-state index in [9.17, 15) is 4.79 Å². The Balaban J connectivity index is 1.48. The highest BCUT2D eigenvalue weighted by Crippen LogP contribution is 2.20. The SMILES string of the molecule is COc1ccc(CCCC(=O)NCc2c(C)ncc3c2CCNC3)cc1. The van der Waals surface area contributed by atoms with E-state index in [1.54, 1.807) is 7.11 Å². The van der Waals surface area contributed by atoms with Crippen LogP contribution in [0.3, 0.4) is 0 Å². The van der Waals surface area contributed by atoms with Gasteiger partial charge in [0, 0.05) is 31.4 Å². The van der Waals surface area contributed by atoms with Crippen LogP contribution in [0.15, 0.2) is 30.5 Å². The number of rotatable bonds is 7. The van der Waals surface area contributed by atoms with Gasteiger partial charge in [-0.25, -0.2) is 0 Å². The maximum Gasteiger partial charge on any atom is 0.220 e. The summed E-state index contributed by atoms with van der Waals surface area (Å²) in [5.74, 6) is 0.960. The summed E-state index contributed by atoms with van der Waals surface area (Å²) in [5.41, 5.74) is 6.04. The van der Waals surface area contributed by atoms with Gasteiger partial charge in [-0.15, -0.1) is 0 Å². The fourth-order valence-corrected chi connectivity index (χ4v) is 3.40. The molecule has 3 rings (SSSR count). The van der Waals surface area contributed by atoms with Crippen molar-refractivity contribution in [2.45, 2.75) is 45.7 Å². The number of methoxy groups -OCH3 is 1. The Kier molecular flexibility index (Phi) is 6.23. The molecule has 1 aromatic heterocycles. The predicted octanol–water partition coefficient (Wildman–Crippen LogP) is 2.68. The Hall–Kier alpha value is -2.40. The molecule has 0 bridgehead atoms. The summed E-state index contributed by atoms with van der Waals surface area (Å²) in [6.45, 7) is 4.45. The first kappa shape index (κ1) is 18.4. The lowest BCUT2D eigenvalue weighted by atomic mass is 9.96. The van der Waals surface area contributed by atoms with Crippen LogP contribution in [-0.4, -0.2) is 24.5 Å². The molecule has 2 aromatic rings. The standard InChI is InChI=1S/C21H27N3O2/c1-15-20(19-10-11-22-12-17(19)13-23-15)14-24-21(25)5-3-4-16-6-8-18(26-2)9-7-16/h6-9,13,22H,3-5,10-12,14H2,1-2H3,(H,24,25). The molecular formula is C21H27N3O2. The Morgan fingerprint density at radius 2 is 2.12 bits per heavy atom. The number of aryl methyl sites for hydroxylation is 2. The summed E-state index contributed by atoms with van der Waals surface area (Å²) in [4.78, 5) is 16.7. The van der Waals surface area contributed by atoms with Gasteiger partial charge in [-0.05, 0) is 67.1 Å². The van der Waals surface area contributed by atoms with Crippen LogP contribution in [0.4, 0.5) is 0 Å². The lowest BCUT2D eigenvalue weighted by Gasteiger charge is -2.21. The van der Waals surface area contributed by atoms with Gasteiger partial charge in [0.15, 0.2) is 0 Å². The molecular weight excluding hydrogens is 326 g/mol. The van der Waals surface area contributed by atoms with Gasteiger partial charge < -0.3 is 15.4 Å². The van der Waals surface area contributed by atoms with Crippen molar-refractivity contribution in [2.75, 3.05) is 13.7 Å². The number of pyridine rings is 1. The molecule has 1 aliphatic heterocycles. The van der Waals surface area contributed by atoms with E-state index < -0.39 is 0 Å². The summed E-state index contributed by atoms with van der Waals surface area (Å²) in [5, 5.41) is 6.44. The zero-order valence-electron chi connectivity index (χ0n) is 15.6. The molecule has 138 valence electrons. The fraction of sp³-hybridized carbons (Fsp3) is 0.429. The van der Waals surface area contributed by atoms with Crippen LogP contribution in [-0.2, 0) is 30.7 Å². The summed E-state index contributed by atoms with van der Waals surface area (Å²) in [6, 6.07) is 8.02. The van der Waals surface area contributed by atoms with Crippen LogP contribution in [0.5, 0.6) is 5.75 Å². The normalized spacial score (nSPS) is 13.2. The van der Waals surface area contributed by atoms with Crippen LogP contribution in [0, 0.1) is 6.92 Å². The number of fused-ring (bicyclic) bond motifs is 1. The van der Waals surface area contributed by atoms with Crippen molar-refractivity contribution >= 4 is 5.91 Å². The van der Waals surface area contributed by atoms with Gasteiger partial charge in [0.1, 0.15) is 5.75 Å². The second-order valence-electron chi connectivity index (χ2n) is 6.73. The maximum atomic E-state index is 12.2. The van der Waals surface area contributed by atoms with E-state index in [4.69, 9.17) is 4.74 Å². The highest BCUT2D eigenvalue weighted by atomic mass is 16.5. The van der Waals surface area contributed by atoms with Gasteiger partial charge in [0.25, 0.3) is 0 Å². The average Bonchev–Trinajstić information content (AvgIpc) is 2.68. The first-order valence-corrected chi connectivity index (χ1v) is 9.24. The summed E-state index contributed by atoms with van der Waals surface area (Å²) in [7, 11) is 1.66. The van der Waals surface area contributed by atoms with Gasteiger partial charge in [-0.2, -0.15) is 0 Å². The average molecular weight is 353 g/mol. The minimum Gasteiger partial charge on any atom is -0.497 e. The summed E-state index contributed by atoms with van der Waals surface area (Å²) < 4.78 is 5.16. The molecule has 5 nitrogen and oxygen atoms in total. The largest absolute Gasteiger partial charge is 0.497 e. The van der Waals surface area contributed by atoms with Crippen molar-refractivity contribution in [2.24, 2.45) is 0 Å². The van der Waals surface area contributed by atoms with Gasteiger partial charge in [0.05, 0.1) is 7.11 Å². The van der Waals surface area contributed by atoms with Crippen LogP contribution in [0.2, 0.25) is 0 Å². The number of hydrogen-bond acceptors (Lipinski definition) is 4. The second-order valence-corrected chi connectivity index (χ2v) is 6.73. The van der Waals surface area contributed by atoms with Crippen molar-refractivity contribution in [3.8, 4) is 5.75 Å². The first-order valence-electron chi connectivity index (χ1n) is 9.24. The van der Waals surface area contributed by atoms with Crippen LogP contribution in [0.25, 0.3) is 0 Å². The molecule has 1 aromatic carbocycles. The number of aromatic nitrogens is 1. The van der Waals surface area contributed by atoms with Crippen molar-refractivity contribution in [3.05, 3.63) is 58.4 Å². The minimum atomic E-state index is 0.101. The molecule has 26 heavy (non-hydrogen) atoms. The molecule has 0 radical (unpaired) electrons. The van der Waals surface area contributed by atoms with Crippen LogP contribution < -0.4 is 15.4 Å². The van der Waals surface area contributed by atoms with Crippen molar-refractivity contribution in [3.63, 3.8) is 0 Å². The van der Waals surface area contributed by atoms with E-state index in [2.05, 4.69) is 27.8 Å². The Morgan fingerprint density at radius 1 is 1.31 bits per heavy atom. The molecule has 2 heterocycles. The number of benzene rings is 1. The molecule has 0 fully saturated rings. The Morgan fingerprint density at radius 3 is 2.88 bits per heavy atom. The number of nitrogens with zero attached hydrogens (tertiary/aromatic N) is 1. The third-order valence-corrected chi connectivity index (χ3v) is 4.96. The van der Waals surface area contributed by atoms with Crippen LogP contribution >= 0.6 is 0 Å². The van der Waals surface area contributed by atoms with E-state index in [0.29, 0.717) is 13.0 Å². The second kappa shape index (κ2) is 8.81. The molecule has 5 heteroatoms. The molecule has 1 amide bonds. The van der Waals surface area contributed by atoms with Gasteiger partial charge >= 0.3 is 0 Å². The highest BCUT2D eigenvalue weighted by molar-refractivity contribution is 5.75. The quantitative estimate of drug-likeness (QED) is 0.803. The molecule has 0 atom stereocenters. The molecule has 2 N–H and O–H groups in total. The van der Waals surface area contributed by atoms with Gasteiger partial charge in [0.2, 0.25) is 5.91 Å². The number of carbonyl (C=O) groups is 1.